The fourth-order valence-electron chi connectivity index (χ4n) is 3.79. The van der Waals surface area contributed by atoms with E-state index in [1.165, 1.54) is 32.1 Å². The molecule has 2 unspecified atom stereocenters. The van der Waals surface area contributed by atoms with Gasteiger partial charge in [-0.3, -0.25) is 4.90 Å². The van der Waals surface area contributed by atoms with E-state index in [0.29, 0.717) is 12.1 Å². The van der Waals surface area contributed by atoms with Gasteiger partial charge in [0, 0.05) is 19.1 Å². The van der Waals surface area contributed by atoms with Gasteiger partial charge in [0.25, 0.3) is 0 Å². The highest BCUT2D eigenvalue weighted by Crippen LogP contribution is 2.32. The van der Waals surface area contributed by atoms with Crippen molar-refractivity contribution in [3.05, 3.63) is 0 Å². The molecule has 0 radical (unpaired) electrons. The summed E-state index contributed by atoms with van der Waals surface area (Å²) in [5, 5.41) is 3.82. The summed E-state index contributed by atoms with van der Waals surface area (Å²) in [6.07, 6.45) is 7.18. The van der Waals surface area contributed by atoms with E-state index in [0.717, 1.165) is 44.6 Å². The Bertz CT molecular complexity index is 264. The molecule has 2 fully saturated rings. The third-order valence-electron chi connectivity index (χ3n) is 5.22. The molecule has 1 saturated heterocycles. The lowest BCUT2D eigenvalue weighted by Gasteiger charge is -2.42. The van der Waals surface area contributed by atoms with E-state index in [1.807, 2.05) is 0 Å². The molecular weight excluding hydrogens is 248 g/mol. The number of likely N-dealkylation sites (N-methyl/N-ethyl adjacent to an activating group) is 1. The van der Waals surface area contributed by atoms with Crippen LogP contribution in [0.4, 0.5) is 0 Å². The molecule has 3 heteroatoms. The van der Waals surface area contributed by atoms with E-state index in [1.54, 1.807) is 0 Å². The number of rotatable bonds is 6. The summed E-state index contributed by atoms with van der Waals surface area (Å²) in [6, 6.07) is 0.566. The largest absolute Gasteiger partial charge is 0.374 e. The van der Waals surface area contributed by atoms with Crippen LogP contribution >= 0.6 is 0 Å². The van der Waals surface area contributed by atoms with Gasteiger partial charge in [0.1, 0.15) is 0 Å². The summed E-state index contributed by atoms with van der Waals surface area (Å²) in [7, 11) is 0. The maximum atomic E-state index is 6.15. The second-order valence-electron chi connectivity index (χ2n) is 6.80. The molecule has 1 N–H and O–H groups in total. The molecule has 2 aliphatic rings. The van der Waals surface area contributed by atoms with Gasteiger partial charge >= 0.3 is 0 Å². The van der Waals surface area contributed by atoms with Crippen LogP contribution in [0.2, 0.25) is 0 Å². The Morgan fingerprint density at radius 1 is 1.20 bits per heavy atom. The molecule has 0 spiro atoms. The molecule has 2 atom stereocenters. The Kier molecular flexibility index (Phi) is 6.79. The SMILES string of the molecule is CCCNC(C1CCC(C)CC1)C1CN(CC)CCO1. The van der Waals surface area contributed by atoms with Crippen molar-refractivity contribution in [1.29, 1.82) is 0 Å². The van der Waals surface area contributed by atoms with Gasteiger partial charge in [-0.1, -0.05) is 33.6 Å². The van der Waals surface area contributed by atoms with Crippen LogP contribution in [0.5, 0.6) is 0 Å². The Hall–Kier alpha value is -0.120. The summed E-state index contributed by atoms with van der Waals surface area (Å²) < 4.78 is 6.15. The molecule has 0 bridgehead atoms. The third kappa shape index (κ3) is 4.44. The van der Waals surface area contributed by atoms with Gasteiger partial charge in [0.2, 0.25) is 0 Å². The zero-order chi connectivity index (χ0) is 14.4. The number of hydrogen-bond donors (Lipinski definition) is 1. The van der Waals surface area contributed by atoms with Gasteiger partial charge in [0.15, 0.2) is 0 Å². The molecule has 1 saturated carbocycles. The minimum Gasteiger partial charge on any atom is -0.374 e. The van der Waals surface area contributed by atoms with Crippen molar-refractivity contribution >= 4 is 0 Å². The lowest BCUT2D eigenvalue weighted by molar-refractivity contribution is -0.0589. The van der Waals surface area contributed by atoms with Gasteiger partial charge in [-0.25, -0.2) is 0 Å². The molecule has 0 aromatic heterocycles. The monoisotopic (exact) mass is 282 g/mol. The number of hydrogen-bond acceptors (Lipinski definition) is 3. The Morgan fingerprint density at radius 3 is 2.60 bits per heavy atom. The van der Waals surface area contributed by atoms with Crippen molar-refractivity contribution in [2.75, 3.05) is 32.8 Å². The predicted octanol–water partition coefficient (Wildman–Crippen LogP) is 2.90. The highest BCUT2D eigenvalue weighted by molar-refractivity contribution is 4.90. The quantitative estimate of drug-likeness (QED) is 0.811. The Balaban J connectivity index is 1.94. The molecule has 0 amide bonds. The van der Waals surface area contributed by atoms with Crippen LogP contribution in [0.3, 0.4) is 0 Å². The van der Waals surface area contributed by atoms with Gasteiger partial charge < -0.3 is 10.1 Å². The number of ether oxygens (including phenoxy) is 1. The first-order valence-corrected chi connectivity index (χ1v) is 8.81. The third-order valence-corrected chi connectivity index (χ3v) is 5.22. The van der Waals surface area contributed by atoms with E-state index in [2.05, 4.69) is 31.0 Å². The molecule has 118 valence electrons. The van der Waals surface area contributed by atoms with Crippen molar-refractivity contribution in [2.24, 2.45) is 11.8 Å². The highest BCUT2D eigenvalue weighted by Gasteiger charge is 2.34. The predicted molar refractivity (Wildman–Crippen MR) is 85.1 cm³/mol. The van der Waals surface area contributed by atoms with Crippen molar-refractivity contribution in [3.63, 3.8) is 0 Å². The lowest BCUT2D eigenvalue weighted by Crippen LogP contribution is -2.55. The van der Waals surface area contributed by atoms with E-state index < -0.39 is 0 Å². The van der Waals surface area contributed by atoms with Crippen molar-refractivity contribution in [2.45, 2.75) is 65.0 Å². The summed E-state index contributed by atoms with van der Waals surface area (Å²) >= 11 is 0. The molecule has 0 aromatic rings. The number of nitrogens with one attached hydrogen (secondary N) is 1. The molecular formula is C17H34N2O. The molecule has 2 rings (SSSR count). The van der Waals surface area contributed by atoms with Crippen LogP contribution in [-0.2, 0) is 4.74 Å². The number of nitrogens with zero attached hydrogens (tertiary/aromatic N) is 1. The van der Waals surface area contributed by atoms with Crippen LogP contribution in [-0.4, -0.2) is 49.8 Å². The summed E-state index contributed by atoms with van der Waals surface area (Å²) in [5.74, 6) is 1.75. The highest BCUT2D eigenvalue weighted by atomic mass is 16.5. The maximum Gasteiger partial charge on any atom is 0.0857 e. The second-order valence-corrected chi connectivity index (χ2v) is 6.80. The molecule has 1 heterocycles. The van der Waals surface area contributed by atoms with Crippen LogP contribution in [0, 0.1) is 11.8 Å². The van der Waals surface area contributed by atoms with Crippen LogP contribution in [0.15, 0.2) is 0 Å². The van der Waals surface area contributed by atoms with E-state index in [4.69, 9.17) is 4.74 Å². The van der Waals surface area contributed by atoms with Crippen LogP contribution in [0.25, 0.3) is 0 Å². The fraction of sp³-hybridized carbons (Fsp3) is 1.00. The first-order chi connectivity index (χ1) is 9.74. The average molecular weight is 282 g/mol. The first-order valence-electron chi connectivity index (χ1n) is 8.81. The topological polar surface area (TPSA) is 24.5 Å². The normalized spacial score (nSPS) is 34.0. The standard InChI is InChI=1S/C17H34N2O/c1-4-10-18-17(15-8-6-14(3)7-9-15)16-13-19(5-2)11-12-20-16/h14-18H,4-13H2,1-3H3. The Morgan fingerprint density at radius 2 is 1.95 bits per heavy atom. The molecule has 0 aromatic carbocycles. The Labute approximate surface area is 125 Å². The van der Waals surface area contributed by atoms with Crippen LogP contribution in [0.1, 0.15) is 52.9 Å². The smallest absolute Gasteiger partial charge is 0.0857 e. The van der Waals surface area contributed by atoms with E-state index in [-0.39, 0.29) is 0 Å². The molecule has 1 aliphatic carbocycles. The first kappa shape index (κ1) is 16.3. The summed E-state index contributed by atoms with van der Waals surface area (Å²) in [6.45, 7) is 12.3. The average Bonchev–Trinajstić information content (AvgIpc) is 2.49. The minimum absolute atomic E-state index is 0.397. The van der Waals surface area contributed by atoms with E-state index >= 15 is 0 Å². The number of morpholine rings is 1. The molecule has 3 nitrogen and oxygen atoms in total. The molecule has 1 aliphatic heterocycles. The van der Waals surface area contributed by atoms with Crippen molar-refractivity contribution < 1.29 is 4.74 Å². The van der Waals surface area contributed by atoms with Gasteiger partial charge in [0.05, 0.1) is 12.7 Å². The van der Waals surface area contributed by atoms with Gasteiger partial charge in [-0.2, -0.15) is 0 Å². The lowest BCUT2D eigenvalue weighted by atomic mass is 9.77. The maximum absolute atomic E-state index is 6.15. The van der Waals surface area contributed by atoms with Crippen molar-refractivity contribution in [3.8, 4) is 0 Å². The molecule has 20 heavy (non-hydrogen) atoms. The zero-order valence-corrected chi connectivity index (χ0v) is 13.7. The van der Waals surface area contributed by atoms with E-state index in [9.17, 15) is 0 Å². The van der Waals surface area contributed by atoms with Crippen LogP contribution < -0.4 is 5.32 Å². The van der Waals surface area contributed by atoms with Gasteiger partial charge in [-0.05, 0) is 44.2 Å². The second kappa shape index (κ2) is 8.35. The minimum atomic E-state index is 0.397. The van der Waals surface area contributed by atoms with Crippen molar-refractivity contribution in [1.82, 2.24) is 10.2 Å². The summed E-state index contributed by atoms with van der Waals surface area (Å²) in [5.41, 5.74) is 0. The summed E-state index contributed by atoms with van der Waals surface area (Å²) in [4.78, 5) is 2.54. The van der Waals surface area contributed by atoms with Gasteiger partial charge in [-0.15, -0.1) is 0 Å². The zero-order valence-electron chi connectivity index (χ0n) is 13.7. The fourth-order valence-corrected chi connectivity index (χ4v) is 3.79.